The Labute approximate surface area is 170 Å². The van der Waals surface area contributed by atoms with E-state index in [1.165, 1.54) is 47.6 Å². The van der Waals surface area contributed by atoms with Crippen LogP contribution in [0.25, 0.3) is 0 Å². The molecule has 29 heavy (non-hydrogen) atoms. The number of benzene rings is 1. The standard InChI is InChI=1S/C19H19N3O6S/c1-10-18(29-11(2)20-10)16(23)14-15(12-4-6-13(7-5-12)22(26)27)21(8-9-28-3)19(25)17(14)24/h4-7,15,24H,8-9H2,1-3H3. The number of carbonyl (C=O) groups is 2. The summed E-state index contributed by atoms with van der Waals surface area (Å²) >= 11 is 1.19. The van der Waals surface area contributed by atoms with E-state index in [9.17, 15) is 24.8 Å². The van der Waals surface area contributed by atoms with Gasteiger partial charge in [-0.15, -0.1) is 11.3 Å². The van der Waals surface area contributed by atoms with E-state index in [1.807, 2.05) is 0 Å². The number of hydrogen-bond donors (Lipinski definition) is 1. The minimum absolute atomic E-state index is 0.0632. The number of aromatic nitrogens is 1. The minimum Gasteiger partial charge on any atom is -0.503 e. The molecule has 9 nitrogen and oxygen atoms in total. The van der Waals surface area contributed by atoms with E-state index in [1.54, 1.807) is 13.8 Å². The summed E-state index contributed by atoms with van der Waals surface area (Å²) in [5.41, 5.74) is 0.817. The van der Waals surface area contributed by atoms with Gasteiger partial charge in [-0.2, -0.15) is 0 Å². The second kappa shape index (κ2) is 8.10. The molecule has 3 rings (SSSR count). The van der Waals surface area contributed by atoms with Crippen molar-refractivity contribution in [1.29, 1.82) is 0 Å². The van der Waals surface area contributed by atoms with Crippen LogP contribution in [0.4, 0.5) is 5.69 Å². The Morgan fingerprint density at radius 2 is 2.00 bits per heavy atom. The fourth-order valence-electron chi connectivity index (χ4n) is 3.30. The van der Waals surface area contributed by atoms with E-state index in [0.29, 0.717) is 21.1 Å². The summed E-state index contributed by atoms with van der Waals surface area (Å²) in [5.74, 6) is -1.80. The molecule has 1 aromatic heterocycles. The quantitative estimate of drug-likeness (QED) is 0.417. The van der Waals surface area contributed by atoms with Crippen LogP contribution >= 0.6 is 11.3 Å². The third-order valence-corrected chi connectivity index (χ3v) is 5.69. The highest BCUT2D eigenvalue weighted by atomic mass is 32.1. The number of amides is 1. The third kappa shape index (κ3) is 3.76. The molecule has 0 fully saturated rings. The van der Waals surface area contributed by atoms with Crippen molar-refractivity contribution in [3.8, 4) is 0 Å². The topological polar surface area (TPSA) is 123 Å². The van der Waals surface area contributed by atoms with E-state index in [4.69, 9.17) is 4.74 Å². The molecule has 2 aromatic rings. The zero-order chi connectivity index (χ0) is 21.3. The van der Waals surface area contributed by atoms with Gasteiger partial charge >= 0.3 is 0 Å². The summed E-state index contributed by atoms with van der Waals surface area (Å²) in [6.07, 6.45) is 0. The van der Waals surface area contributed by atoms with Crippen molar-refractivity contribution in [1.82, 2.24) is 9.88 Å². The van der Waals surface area contributed by atoms with Crippen LogP contribution in [0.5, 0.6) is 0 Å². The molecule has 2 heterocycles. The van der Waals surface area contributed by atoms with Gasteiger partial charge in [0.15, 0.2) is 5.76 Å². The van der Waals surface area contributed by atoms with Crippen molar-refractivity contribution in [3.05, 3.63) is 66.9 Å². The molecule has 0 radical (unpaired) electrons. The number of thiazole rings is 1. The Hall–Kier alpha value is -3.11. The summed E-state index contributed by atoms with van der Waals surface area (Å²) in [6.45, 7) is 3.79. The number of non-ortho nitro benzene ring substituents is 1. The number of aliphatic hydroxyl groups is 1. The number of hydrogen-bond acceptors (Lipinski definition) is 8. The summed E-state index contributed by atoms with van der Waals surface area (Å²) in [4.78, 5) is 42.3. The number of Topliss-reactive ketones (excluding diaryl/α,β-unsaturated/α-hetero) is 1. The molecule has 10 heteroatoms. The predicted molar refractivity (Wildman–Crippen MR) is 105 cm³/mol. The van der Waals surface area contributed by atoms with Crippen molar-refractivity contribution in [2.24, 2.45) is 0 Å². The maximum Gasteiger partial charge on any atom is 0.290 e. The molecule has 1 N–H and O–H groups in total. The number of ketones is 1. The van der Waals surface area contributed by atoms with E-state index in [-0.39, 0.29) is 24.4 Å². The van der Waals surface area contributed by atoms with Crippen LogP contribution in [0.2, 0.25) is 0 Å². The van der Waals surface area contributed by atoms with Crippen molar-refractivity contribution in [3.63, 3.8) is 0 Å². The number of nitro benzene ring substituents is 1. The van der Waals surface area contributed by atoms with Crippen molar-refractivity contribution < 1.29 is 24.4 Å². The number of methoxy groups -OCH3 is 1. The molecule has 1 atom stereocenters. The molecule has 1 aromatic carbocycles. The van der Waals surface area contributed by atoms with Crippen LogP contribution in [-0.4, -0.2) is 51.9 Å². The lowest BCUT2D eigenvalue weighted by atomic mass is 9.95. The Morgan fingerprint density at radius 3 is 2.52 bits per heavy atom. The third-order valence-electron chi connectivity index (χ3n) is 4.61. The maximum absolute atomic E-state index is 13.2. The summed E-state index contributed by atoms with van der Waals surface area (Å²) in [7, 11) is 1.48. The molecule has 1 aliphatic heterocycles. The second-order valence-electron chi connectivity index (χ2n) is 6.48. The van der Waals surface area contributed by atoms with Gasteiger partial charge in [-0.3, -0.25) is 19.7 Å². The first kappa shape index (κ1) is 20.6. The van der Waals surface area contributed by atoms with Gasteiger partial charge in [-0.05, 0) is 31.5 Å². The summed E-state index contributed by atoms with van der Waals surface area (Å²) < 4.78 is 5.05. The fourth-order valence-corrected chi connectivity index (χ4v) is 4.17. The van der Waals surface area contributed by atoms with E-state index < -0.39 is 28.4 Å². The Kier molecular flexibility index (Phi) is 5.76. The van der Waals surface area contributed by atoms with Gasteiger partial charge < -0.3 is 14.7 Å². The van der Waals surface area contributed by atoms with Crippen LogP contribution in [0.1, 0.15) is 32.0 Å². The maximum atomic E-state index is 13.2. The number of aryl methyl sites for hydroxylation is 2. The number of aliphatic hydroxyl groups excluding tert-OH is 1. The molecule has 0 bridgehead atoms. The number of nitro groups is 1. The fraction of sp³-hybridized carbons (Fsp3) is 0.316. The van der Waals surface area contributed by atoms with Gasteiger partial charge in [-0.25, -0.2) is 4.98 Å². The Morgan fingerprint density at radius 1 is 1.34 bits per heavy atom. The zero-order valence-corrected chi connectivity index (χ0v) is 16.9. The lowest BCUT2D eigenvalue weighted by molar-refractivity contribution is -0.384. The molecule has 152 valence electrons. The van der Waals surface area contributed by atoms with Crippen LogP contribution in [0.3, 0.4) is 0 Å². The normalized spacial score (nSPS) is 16.6. The van der Waals surface area contributed by atoms with Crippen LogP contribution in [-0.2, 0) is 9.53 Å². The molecule has 0 aliphatic carbocycles. The Balaban J connectivity index is 2.09. The highest BCUT2D eigenvalue weighted by molar-refractivity contribution is 7.14. The molecule has 1 amide bonds. The van der Waals surface area contributed by atoms with Crippen LogP contribution in [0, 0.1) is 24.0 Å². The first-order valence-corrected chi connectivity index (χ1v) is 9.54. The van der Waals surface area contributed by atoms with E-state index in [2.05, 4.69) is 4.98 Å². The molecule has 0 saturated carbocycles. The smallest absolute Gasteiger partial charge is 0.290 e. The first-order chi connectivity index (χ1) is 13.8. The van der Waals surface area contributed by atoms with E-state index >= 15 is 0 Å². The van der Waals surface area contributed by atoms with Gasteiger partial charge in [0.2, 0.25) is 5.78 Å². The molecular formula is C19H19N3O6S. The molecule has 0 spiro atoms. The molecule has 1 aliphatic rings. The van der Waals surface area contributed by atoms with Gasteiger partial charge in [-0.1, -0.05) is 0 Å². The monoisotopic (exact) mass is 417 g/mol. The van der Waals surface area contributed by atoms with E-state index in [0.717, 1.165) is 0 Å². The van der Waals surface area contributed by atoms with Crippen molar-refractivity contribution >= 4 is 28.7 Å². The van der Waals surface area contributed by atoms with Crippen molar-refractivity contribution in [2.75, 3.05) is 20.3 Å². The van der Waals surface area contributed by atoms with Gasteiger partial charge in [0, 0.05) is 25.8 Å². The first-order valence-electron chi connectivity index (χ1n) is 8.72. The zero-order valence-electron chi connectivity index (χ0n) is 16.0. The number of carbonyl (C=O) groups excluding carboxylic acids is 2. The lowest BCUT2D eigenvalue weighted by Gasteiger charge is -2.26. The number of nitrogens with zero attached hydrogens (tertiary/aromatic N) is 3. The number of rotatable bonds is 7. The van der Waals surface area contributed by atoms with Crippen molar-refractivity contribution in [2.45, 2.75) is 19.9 Å². The lowest BCUT2D eigenvalue weighted by Crippen LogP contribution is -2.34. The predicted octanol–water partition coefficient (Wildman–Crippen LogP) is 2.89. The van der Waals surface area contributed by atoms with Crippen LogP contribution in [0.15, 0.2) is 35.6 Å². The number of ether oxygens (including phenoxy) is 1. The van der Waals surface area contributed by atoms with Gasteiger partial charge in [0.25, 0.3) is 11.6 Å². The highest BCUT2D eigenvalue weighted by Crippen LogP contribution is 2.40. The average Bonchev–Trinajstić information content (AvgIpc) is 3.16. The van der Waals surface area contributed by atoms with Gasteiger partial charge in [0.05, 0.1) is 38.7 Å². The molecule has 1 unspecified atom stereocenters. The minimum atomic E-state index is -0.882. The highest BCUT2D eigenvalue weighted by Gasteiger charge is 2.44. The average molecular weight is 417 g/mol. The second-order valence-corrected chi connectivity index (χ2v) is 7.68. The van der Waals surface area contributed by atoms with Gasteiger partial charge in [0.1, 0.15) is 0 Å². The summed E-state index contributed by atoms with van der Waals surface area (Å²) in [5, 5.41) is 22.2. The largest absolute Gasteiger partial charge is 0.503 e. The molecular weight excluding hydrogens is 398 g/mol. The SMILES string of the molecule is COCCN1C(=O)C(O)=C(C(=O)c2sc(C)nc2C)C1c1ccc([N+](=O)[O-])cc1. The molecule has 0 saturated heterocycles. The summed E-state index contributed by atoms with van der Waals surface area (Å²) in [6, 6.07) is 4.67. The Bertz CT molecular complexity index is 1010. The van der Waals surface area contributed by atoms with Crippen LogP contribution < -0.4 is 0 Å².